The molecule has 19 heavy (non-hydrogen) atoms. The number of rotatable bonds is 6. The maximum absolute atomic E-state index is 6.15. The number of hydrogen-bond donors (Lipinski definition) is 1. The molecule has 3 nitrogen and oxygen atoms in total. The standard InChI is InChI=1S/C14H19Cl2NO2/c1-2-18-9-14(10-5-6-17-8-10)19-13-4-3-11(15)7-12(13)16/h3-4,7,10,14,17H,2,5-6,8-9H2,1H3/t10-,14-/m0/s1. The highest BCUT2D eigenvalue weighted by Crippen LogP contribution is 2.30. The van der Waals surface area contributed by atoms with Gasteiger partial charge in [0.15, 0.2) is 0 Å². The molecule has 0 aromatic heterocycles. The Morgan fingerprint density at radius 2 is 2.26 bits per heavy atom. The van der Waals surface area contributed by atoms with Crippen LogP contribution >= 0.6 is 23.2 Å². The summed E-state index contributed by atoms with van der Waals surface area (Å²) in [5.74, 6) is 1.13. The average molecular weight is 304 g/mol. The molecule has 106 valence electrons. The van der Waals surface area contributed by atoms with E-state index in [-0.39, 0.29) is 6.10 Å². The number of benzene rings is 1. The van der Waals surface area contributed by atoms with E-state index in [1.54, 1.807) is 12.1 Å². The highest BCUT2D eigenvalue weighted by Gasteiger charge is 2.27. The molecule has 1 fully saturated rings. The number of nitrogens with one attached hydrogen (secondary N) is 1. The van der Waals surface area contributed by atoms with E-state index < -0.39 is 0 Å². The second-order valence-electron chi connectivity index (χ2n) is 4.64. The molecule has 1 saturated heterocycles. The van der Waals surface area contributed by atoms with Gasteiger partial charge in [-0.3, -0.25) is 0 Å². The van der Waals surface area contributed by atoms with Gasteiger partial charge in [0, 0.05) is 24.1 Å². The summed E-state index contributed by atoms with van der Waals surface area (Å²) in [4.78, 5) is 0. The van der Waals surface area contributed by atoms with Crippen molar-refractivity contribution in [3.05, 3.63) is 28.2 Å². The molecule has 0 aliphatic carbocycles. The van der Waals surface area contributed by atoms with Crippen molar-refractivity contribution in [3.8, 4) is 5.75 Å². The van der Waals surface area contributed by atoms with Gasteiger partial charge in [0.1, 0.15) is 11.9 Å². The molecular formula is C14H19Cl2NO2. The average Bonchev–Trinajstić information content (AvgIpc) is 2.90. The van der Waals surface area contributed by atoms with Crippen LogP contribution in [0.4, 0.5) is 0 Å². The zero-order chi connectivity index (χ0) is 13.7. The molecule has 1 N–H and O–H groups in total. The van der Waals surface area contributed by atoms with Crippen LogP contribution in [-0.4, -0.2) is 32.4 Å². The van der Waals surface area contributed by atoms with Crippen molar-refractivity contribution in [1.82, 2.24) is 5.32 Å². The SMILES string of the molecule is CCOC[C@H](Oc1ccc(Cl)cc1Cl)[C@H]1CCNC1. The first-order valence-corrected chi connectivity index (χ1v) is 7.36. The van der Waals surface area contributed by atoms with Crippen molar-refractivity contribution in [2.24, 2.45) is 5.92 Å². The van der Waals surface area contributed by atoms with Crippen LogP contribution in [0.1, 0.15) is 13.3 Å². The highest BCUT2D eigenvalue weighted by atomic mass is 35.5. The van der Waals surface area contributed by atoms with Gasteiger partial charge in [-0.25, -0.2) is 0 Å². The second-order valence-corrected chi connectivity index (χ2v) is 5.49. The first kappa shape index (κ1) is 14.9. The molecule has 1 aromatic carbocycles. The van der Waals surface area contributed by atoms with Crippen molar-refractivity contribution >= 4 is 23.2 Å². The molecule has 0 unspecified atom stereocenters. The van der Waals surface area contributed by atoms with E-state index in [1.165, 1.54) is 0 Å². The molecule has 0 radical (unpaired) electrons. The summed E-state index contributed by atoms with van der Waals surface area (Å²) in [6.07, 6.45) is 1.12. The van der Waals surface area contributed by atoms with Crippen molar-refractivity contribution < 1.29 is 9.47 Å². The zero-order valence-corrected chi connectivity index (χ0v) is 12.5. The Hall–Kier alpha value is -0.480. The third kappa shape index (κ3) is 4.25. The Morgan fingerprint density at radius 3 is 2.89 bits per heavy atom. The Morgan fingerprint density at radius 1 is 1.42 bits per heavy atom. The lowest BCUT2D eigenvalue weighted by Gasteiger charge is -2.24. The molecule has 1 heterocycles. The van der Waals surface area contributed by atoms with Gasteiger partial charge in [0.25, 0.3) is 0 Å². The maximum atomic E-state index is 6.15. The highest BCUT2D eigenvalue weighted by molar-refractivity contribution is 6.35. The number of halogens is 2. The Bertz CT molecular complexity index is 408. The Kier molecular flexibility index (Phi) is 5.76. The number of ether oxygens (including phenoxy) is 2. The number of hydrogen-bond acceptors (Lipinski definition) is 3. The third-order valence-corrected chi connectivity index (χ3v) is 3.81. The normalized spacial score (nSPS) is 20.5. The molecule has 0 spiro atoms. The summed E-state index contributed by atoms with van der Waals surface area (Å²) >= 11 is 12.0. The first-order valence-electron chi connectivity index (χ1n) is 6.61. The fraction of sp³-hybridized carbons (Fsp3) is 0.571. The predicted molar refractivity (Wildman–Crippen MR) is 78.3 cm³/mol. The van der Waals surface area contributed by atoms with E-state index in [0.717, 1.165) is 19.5 Å². The van der Waals surface area contributed by atoms with E-state index in [4.69, 9.17) is 32.7 Å². The minimum atomic E-state index is 0.0219. The first-order chi connectivity index (χ1) is 9.20. The minimum Gasteiger partial charge on any atom is -0.486 e. The van der Waals surface area contributed by atoms with Crippen LogP contribution in [0, 0.1) is 5.92 Å². The smallest absolute Gasteiger partial charge is 0.138 e. The van der Waals surface area contributed by atoms with Crippen LogP contribution in [0.2, 0.25) is 10.0 Å². The maximum Gasteiger partial charge on any atom is 0.138 e. The van der Waals surface area contributed by atoms with Crippen LogP contribution in [0.5, 0.6) is 5.75 Å². The van der Waals surface area contributed by atoms with Gasteiger partial charge in [-0.15, -0.1) is 0 Å². The molecule has 1 aliphatic rings. The Labute approximate surface area is 124 Å². The molecule has 0 bridgehead atoms. The van der Waals surface area contributed by atoms with Gasteiger partial charge in [-0.2, -0.15) is 0 Å². The quantitative estimate of drug-likeness (QED) is 0.874. The summed E-state index contributed by atoms with van der Waals surface area (Å²) in [6, 6.07) is 5.29. The van der Waals surface area contributed by atoms with E-state index in [9.17, 15) is 0 Å². The lowest BCUT2D eigenvalue weighted by atomic mass is 10.0. The van der Waals surface area contributed by atoms with Crippen molar-refractivity contribution in [3.63, 3.8) is 0 Å². The van der Waals surface area contributed by atoms with Gasteiger partial charge in [0.05, 0.1) is 11.6 Å². The van der Waals surface area contributed by atoms with E-state index in [1.807, 2.05) is 13.0 Å². The molecule has 2 atom stereocenters. The van der Waals surface area contributed by atoms with E-state index in [2.05, 4.69) is 5.32 Å². The zero-order valence-electron chi connectivity index (χ0n) is 11.0. The topological polar surface area (TPSA) is 30.5 Å². The summed E-state index contributed by atoms with van der Waals surface area (Å²) in [6.45, 7) is 5.25. The van der Waals surface area contributed by atoms with Crippen LogP contribution in [-0.2, 0) is 4.74 Å². The van der Waals surface area contributed by atoms with Gasteiger partial charge in [-0.1, -0.05) is 23.2 Å². The van der Waals surface area contributed by atoms with Crippen LogP contribution < -0.4 is 10.1 Å². The molecule has 1 aliphatic heterocycles. The van der Waals surface area contributed by atoms with Gasteiger partial charge in [0.2, 0.25) is 0 Å². The minimum absolute atomic E-state index is 0.0219. The molecular weight excluding hydrogens is 285 g/mol. The van der Waals surface area contributed by atoms with Crippen LogP contribution in [0.3, 0.4) is 0 Å². The van der Waals surface area contributed by atoms with E-state index in [0.29, 0.717) is 34.9 Å². The lowest BCUT2D eigenvalue weighted by molar-refractivity contribution is 0.0292. The van der Waals surface area contributed by atoms with Gasteiger partial charge < -0.3 is 14.8 Å². The van der Waals surface area contributed by atoms with Crippen LogP contribution in [0.15, 0.2) is 18.2 Å². The van der Waals surface area contributed by atoms with Crippen molar-refractivity contribution in [1.29, 1.82) is 0 Å². The van der Waals surface area contributed by atoms with Gasteiger partial charge >= 0.3 is 0 Å². The lowest BCUT2D eigenvalue weighted by Crippen LogP contribution is -2.33. The fourth-order valence-corrected chi connectivity index (χ4v) is 2.68. The second kappa shape index (κ2) is 7.34. The fourth-order valence-electron chi connectivity index (χ4n) is 2.23. The summed E-state index contributed by atoms with van der Waals surface area (Å²) < 4.78 is 11.6. The monoisotopic (exact) mass is 303 g/mol. The molecule has 2 rings (SSSR count). The van der Waals surface area contributed by atoms with E-state index >= 15 is 0 Å². The van der Waals surface area contributed by atoms with Gasteiger partial charge in [-0.05, 0) is 38.1 Å². The molecule has 5 heteroatoms. The third-order valence-electron chi connectivity index (χ3n) is 3.28. The summed E-state index contributed by atoms with van der Waals surface area (Å²) in [7, 11) is 0. The Balaban J connectivity index is 2.05. The predicted octanol–water partition coefficient (Wildman–Crippen LogP) is 3.39. The summed E-state index contributed by atoms with van der Waals surface area (Å²) in [5.41, 5.74) is 0. The van der Waals surface area contributed by atoms with Crippen molar-refractivity contribution in [2.45, 2.75) is 19.4 Å². The van der Waals surface area contributed by atoms with Crippen LogP contribution in [0.25, 0.3) is 0 Å². The molecule has 0 saturated carbocycles. The van der Waals surface area contributed by atoms with Crippen molar-refractivity contribution in [2.75, 3.05) is 26.3 Å². The largest absolute Gasteiger partial charge is 0.486 e. The summed E-state index contributed by atoms with van der Waals surface area (Å²) in [5, 5.41) is 4.50. The molecule has 1 aromatic rings. The molecule has 0 amide bonds.